The lowest BCUT2D eigenvalue weighted by atomic mass is 10.1. The second-order valence-corrected chi connectivity index (χ2v) is 6.58. The smallest absolute Gasteiger partial charge is 0.251 e. The molecule has 3 N–H and O–H groups in total. The van der Waals surface area contributed by atoms with Gasteiger partial charge in [-0.15, -0.1) is 0 Å². The molecule has 0 saturated heterocycles. The quantitative estimate of drug-likeness (QED) is 0.880. The van der Waals surface area contributed by atoms with Gasteiger partial charge in [0.25, 0.3) is 5.91 Å². The Hall–Kier alpha value is -1.47. The Morgan fingerprint density at radius 1 is 1.35 bits per heavy atom. The predicted octanol–water partition coefficient (Wildman–Crippen LogP) is 1.39. The Balaban J connectivity index is 2.10. The van der Waals surface area contributed by atoms with Crippen LogP contribution in [0.25, 0.3) is 0 Å². The van der Waals surface area contributed by atoms with Crippen LogP contribution in [0.5, 0.6) is 0 Å². The minimum atomic E-state index is -4.18. The fourth-order valence-electron chi connectivity index (χ4n) is 2.42. The summed E-state index contributed by atoms with van der Waals surface area (Å²) < 4.78 is 35.8. The average molecular weight is 300 g/mol. The number of hydrogen-bond donors (Lipinski definition) is 2. The third kappa shape index (κ3) is 3.55. The molecule has 0 bridgehead atoms. The van der Waals surface area contributed by atoms with Crippen LogP contribution in [0.15, 0.2) is 23.1 Å². The maximum Gasteiger partial charge on any atom is 0.251 e. The summed E-state index contributed by atoms with van der Waals surface area (Å²) >= 11 is 0. The molecule has 0 radical (unpaired) electrons. The highest BCUT2D eigenvalue weighted by Gasteiger charge is 2.19. The largest absolute Gasteiger partial charge is 0.352 e. The molecule has 1 amide bonds. The maximum atomic E-state index is 13.4. The number of benzene rings is 1. The van der Waals surface area contributed by atoms with E-state index in [1.54, 1.807) is 0 Å². The van der Waals surface area contributed by atoms with Gasteiger partial charge in [0.15, 0.2) is 0 Å². The molecule has 0 atom stereocenters. The van der Waals surface area contributed by atoms with Crippen LogP contribution in [0.3, 0.4) is 0 Å². The number of halogens is 1. The highest BCUT2D eigenvalue weighted by molar-refractivity contribution is 7.89. The highest BCUT2D eigenvalue weighted by Crippen LogP contribution is 2.23. The van der Waals surface area contributed by atoms with Gasteiger partial charge in [0.1, 0.15) is 10.7 Å². The number of nitrogens with one attached hydrogen (secondary N) is 1. The molecule has 1 fully saturated rings. The minimum absolute atomic E-state index is 0.0911. The molecular weight excluding hydrogens is 283 g/mol. The molecule has 5 nitrogen and oxygen atoms in total. The molecule has 1 saturated carbocycles. The van der Waals surface area contributed by atoms with Gasteiger partial charge >= 0.3 is 0 Å². The van der Waals surface area contributed by atoms with E-state index in [2.05, 4.69) is 5.32 Å². The summed E-state index contributed by atoms with van der Waals surface area (Å²) in [5, 5.41) is 7.64. The van der Waals surface area contributed by atoms with Gasteiger partial charge in [-0.3, -0.25) is 4.79 Å². The van der Waals surface area contributed by atoms with Crippen LogP contribution >= 0.6 is 0 Å². The highest BCUT2D eigenvalue weighted by atomic mass is 32.2. The number of hydrogen-bond acceptors (Lipinski definition) is 3. The van der Waals surface area contributed by atoms with Crippen LogP contribution in [0.2, 0.25) is 0 Å². The molecule has 20 heavy (non-hydrogen) atoms. The molecule has 0 unspecified atom stereocenters. The van der Waals surface area contributed by atoms with Crippen LogP contribution in [0, 0.1) is 11.7 Å². The fraction of sp³-hybridized carbons (Fsp3) is 0.462. The molecular formula is C13H17FN2O3S. The fourth-order valence-corrected chi connectivity index (χ4v) is 3.05. The summed E-state index contributed by atoms with van der Waals surface area (Å²) in [4.78, 5) is 11.3. The Morgan fingerprint density at radius 3 is 2.60 bits per heavy atom. The summed E-state index contributed by atoms with van der Waals surface area (Å²) in [5.41, 5.74) is 0.0911. The van der Waals surface area contributed by atoms with E-state index in [1.165, 1.54) is 18.9 Å². The van der Waals surface area contributed by atoms with E-state index in [4.69, 9.17) is 5.14 Å². The monoisotopic (exact) mass is 300 g/mol. The normalized spacial score (nSPS) is 16.3. The van der Waals surface area contributed by atoms with Gasteiger partial charge in [0.05, 0.1) is 0 Å². The van der Waals surface area contributed by atoms with Crippen molar-refractivity contribution in [3.05, 3.63) is 29.6 Å². The summed E-state index contributed by atoms with van der Waals surface area (Å²) in [7, 11) is -4.18. The maximum absolute atomic E-state index is 13.4. The standard InChI is InChI=1S/C13H17FN2O3S/c14-11-6-5-10(7-12(11)20(15,18)19)13(17)16-8-9-3-1-2-4-9/h5-7,9H,1-4,8H2,(H,16,17)(H2,15,18,19). The van der Waals surface area contributed by atoms with Gasteiger partial charge in [-0.2, -0.15) is 0 Å². The van der Waals surface area contributed by atoms with Crippen LogP contribution in [0.1, 0.15) is 36.0 Å². The third-order valence-electron chi connectivity index (χ3n) is 3.53. The topological polar surface area (TPSA) is 89.3 Å². The van der Waals surface area contributed by atoms with E-state index in [-0.39, 0.29) is 5.56 Å². The van der Waals surface area contributed by atoms with E-state index in [9.17, 15) is 17.6 Å². The SMILES string of the molecule is NS(=O)(=O)c1cc(C(=O)NCC2CCCC2)ccc1F. The molecule has 1 aliphatic rings. The van der Waals surface area contributed by atoms with Crippen LogP contribution in [0.4, 0.5) is 4.39 Å². The molecule has 0 aliphatic heterocycles. The van der Waals surface area contributed by atoms with Gasteiger partial charge in [-0.1, -0.05) is 12.8 Å². The third-order valence-corrected chi connectivity index (χ3v) is 4.45. The van der Waals surface area contributed by atoms with Gasteiger partial charge in [0, 0.05) is 12.1 Å². The molecule has 110 valence electrons. The zero-order chi connectivity index (χ0) is 14.8. The molecule has 1 aromatic rings. The van der Waals surface area contributed by atoms with Crippen molar-refractivity contribution in [3.8, 4) is 0 Å². The van der Waals surface area contributed by atoms with Crippen molar-refractivity contribution in [2.45, 2.75) is 30.6 Å². The number of carbonyl (C=O) groups is 1. The summed E-state index contributed by atoms with van der Waals surface area (Å²) in [5.74, 6) is -0.904. The summed E-state index contributed by atoms with van der Waals surface area (Å²) in [6.07, 6.45) is 4.53. The second kappa shape index (κ2) is 5.88. The van der Waals surface area contributed by atoms with Gasteiger partial charge in [-0.25, -0.2) is 17.9 Å². The Kier molecular flexibility index (Phi) is 4.39. The zero-order valence-electron chi connectivity index (χ0n) is 10.9. The molecule has 2 rings (SSSR count). The van der Waals surface area contributed by atoms with Crippen LogP contribution in [-0.2, 0) is 10.0 Å². The lowest BCUT2D eigenvalue weighted by molar-refractivity contribution is 0.0947. The molecule has 0 heterocycles. The van der Waals surface area contributed by atoms with Gasteiger partial charge in [0.2, 0.25) is 10.0 Å². The lowest BCUT2D eigenvalue weighted by Gasteiger charge is -2.11. The Bertz CT molecular complexity index is 610. The van der Waals surface area contributed by atoms with E-state index < -0.39 is 26.6 Å². The first-order valence-corrected chi connectivity index (χ1v) is 8.03. The van der Waals surface area contributed by atoms with E-state index in [1.807, 2.05) is 0 Å². The molecule has 1 aliphatic carbocycles. The minimum Gasteiger partial charge on any atom is -0.352 e. The number of sulfonamides is 1. The number of primary sulfonamides is 1. The van der Waals surface area contributed by atoms with E-state index >= 15 is 0 Å². The number of nitrogens with two attached hydrogens (primary N) is 1. The number of carbonyl (C=O) groups excluding carboxylic acids is 1. The first kappa shape index (κ1) is 14.9. The van der Waals surface area contributed by atoms with E-state index in [0.717, 1.165) is 25.0 Å². The number of amides is 1. The molecule has 7 heteroatoms. The van der Waals surface area contributed by atoms with Gasteiger partial charge in [-0.05, 0) is 37.0 Å². The van der Waals surface area contributed by atoms with Crippen LogP contribution in [-0.4, -0.2) is 20.9 Å². The molecule has 0 aromatic heterocycles. The van der Waals surface area contributed by atoms with Crippen molar-refractivity contribution < 1.29 is 17.6 Å². The number of rotatable bonds is 4. The van der Waals surface area contributed by atoms with Crippen molar-refractivity contribution in [1.82, 2.24) is 5.32 Å². The summed E-state index contributed by atoms with van der Waals surface area (Å²) in [6.45, 7) is 0.556. The second-order valence-electron chi connectivity index (χ2n) is 5.05. The van der Waals surface area contributed by atoms with Crippen molar-refractivity contribution in [2.24, 2.45) is 11.1 Å². The summed E-state index contributed by atoms with van der Waals surface area (Å²) in [6, 6.07) is 3.15. The predicted molar refractivity (Wildman–Crippen MR) is 72.1 cm³/mol. The van der Waals surface area contributed by atoms with Crippen molar-refractivity contribution in [1.29, 1.82) is 0 Å². The molecule has 0 spiro atoms. The average Bonchev–Trinajstić information content (AvgIpc) is 2.88. The Morgan fingerprint density at radius 2 is 2.00 bits per heavy atom. The van der Waals surface area contributed by atoms with Crippen molar-refractivity contribution in [3.63, 3.8) is 0 Å². The van der Waals surface area contributed by atoms with E-state index in [0.29, 0.717) is 12.5 Å². The first-order chi connectivity index (χ1) is 9.38. The van der Waals surface area contributed by atoms with Gasteiger partial charge < -0.3 is 5.32 Å². The van der Waals surface area contributed by atoms with Crippen molar-refractivity contribution >= 4 is 15.9 Å². The van der Waals surface area contributed by atoms with Crippen LogP contribution < -0.4 is 10.5 Å². The van der Waals surface area contributed by atoms with Crippen molar-refractivity contribution in [2.75, 3.05) is 6.54 Å². The Labute approximate surface area is 117 Å². The molecule has 1 aromatic carbocycles. The zero-order valence-corrected chi connectivity index (χ0v) is 11.7. The lowest BCUT2D eigenvalue weighted by Crippen LogP contribution is -2.28. The first-order valence-electron chi connectivity index (χ1n) is 6.48.